The number of thioether (sulfide) groups is 1. The zero-order valence-corrected chi connectivity index (χ0v) is 18.6. The molecule has 3 aromatic rings. The van der Waals surface area contributed by atoms with E-state index >= 15 is 4.39 Å². The van der Waals surface area contributed by atoms with E-state index in [0.717, 1.165) is 0 Å². The standard InChI is InChI=1S/C21H23F2N7O2S/c1-29-19(18-3-2-14(24)13(23)8-32-18)16(7-27-29)30-17(20(25)31)9-33-21(30)11-5-15-10(4-12(11)22)6-26-28-15/h4-7,9,13-14,18,21H,2-3,8,24H2,1H3,(H2,25,31)(H,26,28)/t13-,14-,18+,21?/m1/s1. The Morgan fingerprint density at radius 1 is 1.33 bits per heavy atom. The third kappa shape index (κ3) is 3.77. The van der Waals surface area contributed by atoms with Gasteiger partial charge in [-0.25, -0.2) is 8.78 Å². The van der Waals surface area contributed by atoms with E-state index in [1.807, 2.05) is 0 Å². The number of H-pyrrole nitrogens is 1. The van der Waals surface area contributed by atoms with Crippen LogP contribution in [0.5, 0.6) is 0 Å². The fourth-order valence-electron chi connectivity index (χ4n) is 4.34. The van der Waals surface area contributed by atoms with Crippen LogP contribution in [0.4, 0.5) is 14.5 Å². The van der Waals surface area contributed by atoms with E-state index < -0.39 is 35.4 Å². The highest BCUT2D eigenvalue weighted by Crippen LogP contribution is 2.49. The highest BCUT2D eigenvalue weighted by molar-refractivity contribution is 8.02. The summed E-state index contributed by atoms with van der Waals surface area (Å²) in [7, 11) is 1.74. The maximum absolute atomic E-state index is 15.1. The number of primary amides is 1. The van der Waals surface area contributed by atoms with Gasteiger partial charge in [0.2, 0.25) is 0 Å². The van der Waals surface area contributed by atoms with Gasteiger partial charge in [0.25, 0.3) is 5.91 Å². The number of aromatic amines is 1. The first-order valence-corrected chi connectivity index (χ1v) is 11.4. The molecule has 2 aromatic heterocycles. The van der Waals surface area contributed by atoms with Gasteiger partial charge >= 0.3 is 0 Å². The van der Waals surface area contributed by atoms with Crippen LogP contribution in [0.15, 0.2) is 35.6 Å². The molecule has 1 amide bonds. The molecule has 174 valence electrons. The first-order chi connectivity index (χ1) is 15.8. The molecule has 5 N–H and O–H groups in total. The van der Waals surface area contributed by atoms with Crippen molar-refractivity contribution in [3.63, 3.8) is 0 Å². The van der Waals surface area contributed by atoms with Crippen LogP contribution in [0.1, 0.15) is 35.6 Å². The molecule has 1 fully saturated rings. The molecule has 0 bridgehead atoms. The van der Waals surface area contributed by atoms with Gasteiger partial charge < -0.3 is 21.1 Å². The van der Waals surface area contributed by atoms with E-state index in [-0.39, 0.29) is 12.3 Å². The minimum atomic E-state index is -1.27. The SMILES string of the molecule is Cn1ncc(N2C(C(N)=O)=CSC2c2cc3[nH]ncc3cc2F)c1[C@@H]1CC[C@@H](N)[C@H](F)CO1. The Hall–Kier alpha value is -2.96. The molecule has 2 aliphatic heterocycles. The van der Waals surface area contributed by atoms with Crippen LogP contribution in [0.2, 0.25) is 0 Å². The summed E-state index contributed by atoms with van der Waals surface area (Å²) in [4.78, 5) is 14.0. The van der Waals surface area contributed by atoms with Gasteiger partial charge in [0.15, 0.2) is 0 Å². The smallest absolute Gasteiger partial charge is 0.265 e. The minimum absolute atomic E-state index is 0.141. The highest BCUT2D eigenvalue weighted by atomic mass is 32.2. The number of fused-ring (bicyclic) bond motifs is 1. The Morgan fingerprint density at radius 3 is 2.94 bits per heavy atom. The number of carbonyl (C=O) groups excluding carboxylic acids is 1. The van der Waals surface area contributed by atoms with Crippen LogP contribution < -0.4 is 16.4 Å². The average Bonchev–Trinajstić information content (AvgIpc) is 3.48. The number of anilines is 1. The van der Waals surface area contributed by atoms with E-state index in [1.165, 1.54) is 17.8 Å². The molecule has 0 saturated carbocycles. The minimum Gasteiger partial charge on any atom is -0.369 e. The lowest BCUT2D eigenvalue weighted by Gasteiger charge is -2.30. The number of hydrogen-bond donors (Lipinski definition) is 3. The van der Waals surface area contributed by atoms with Crippen molar-refractivity contribution in [2.45, 2.75) is 36.5 Å². The molecule has 0 spiro atoms. The van der Waals surface area contributed by atoms with Crippen molar-refractivity contribution in [3.8, 4) is 0 Å². The van der Waals surface area contributed by atoms with Crippen molar-refractivity contribution in [2.24, 2.45) is 18.5 Å². The van der Waals surface area contributed by atoms with Gasteiger partial charge in [-0.15, -0.1) is 11.8 Å². The average molecular weight is 476 g/mol. The first-order valence-electron chi connectivity index (χ1n) is 10.5. The molecule has 0 radical (unpaired) electrons. The lowest BCUT2D eigenvalue weighted by atomic mass is 10.0. The van der Waals surface area contributed by atoms with Crippen LogP contribution in [0, 0.1) is 5.82 Å². The Bertz CT molecular complexity index is 1230. The molecular formula is C21H23F2N7O2S. The molecule has 12 heteroatoms. The van der Waals surface area contributed by atoms with Crippen LogP contribution in [-0.2, 0) is 16.6 Å². The van der Waals surface area contributed by atoms with Gasteiger partial charge in [0, 0.05) is 29.4 Å². The van der Waals surface area contributed by atoms with Gasteiger partial charge in [-0.1, -0.05) is 0 Å². The van der Waals surface area contributed by atoms with Crippen molar-refractivity contribution in [3.05, 3.63) is 52.7 Å². The Morgan fingerprint density at radius 2 is 2.15 bits per heavy atom. The number of rotatable bonds is 4. The van der Waals surface area contributed by atoms with Crippen molar-refractivity contribution in [2.75, 3.05) is 11.5 Å². The number of carbonyl (C=O) groups is 1. The van der Waals surface area contributed by atoms with Crippen LogP contribution >= 0.6 is 11.8 Å². The van der Waals surface area contributed by atoms with E-state index in [2.05, 4.69) is 15.3 Å². The molecule has 1 unspecified atom stereocenters. The van der Waals surface area contributed by atoms with Crippen molar-refractivity contribution in [1.29, 1.82) is 0 Å². The predicted octanol–water partition coefficient (Wildman–Crippen LogP) is 2.53. The molecule has 1 aromatic carbocycles. The first kappa shape index (κ1) is 21.9. The third-order valence-electron chi connectivity index (χ3n) is 6.09. The molecule has 9 nitrogen and oxygen atoms in total. The predicted molar refractivity (Wildman–Crippen MR) is 120 cm³/mol. The van der Waals surface area contributed by atoms with E-state index in [0.29, 0.717) is 40.7 Å². The molecule has 4 heterocycles. The van der Waals surface area contributed by atoms with Crippen LogP contribution in [-0.4, -0.2) is 44.7 Å². The number of halogens is 2. The maximum atomic E-state index is 15.1. The van der Waals surface area contributed by atoms with E-state index in [4.69, 9.17) is 16.2 Å². The van der Waals surface area contributed by atoms with Gasteiger partial charge in [-0.3, -0.25) is 14.6 Å². The summed E-state index contributed by atoms with van der Waals surface area (Å²) in [6, 6.07) is 2.46. The number of aryl methyl sites for hydroxylation is 1. The summed E-state index contributed by atoms with van der Waals surface area (Å²) in [6.07, 6.45) is 2.26. The van der Waals surface area contributed by atoms with Gasteiger partial charge in [0.1, 0.15) is 29.2 Å². The monoisotopic (exact) mass is 475 g/mol. The highest BCUT2D eigenvalue weighted by Gasteiger charge is 2.38. The Labute approximate surface area is 192 Å². The van der Waals surface area contributed by atoms with Crippen LogP contribution in [0.3, 0.4) is 0 Å². The third-order valence-corrected chi connectivity index (χ3v) is 7.17. The zero-order chi connectivity index (χ0) is 23.3. The lowest BCUT2D eigenvalue weighted by molar-refractivity contribution is -0.114. The molecule has 1 saturated heterocycles. The summed E-state index contributed by atoms with van der Waals surface area (Å²) in [6.45, 7) is -0.141. The summed E-state index contributed by atoms with van der Waals surface area (Å²) < 4.78 is 36.8. The zero-order valence-electron chi connectivity index (χ0n) is 17.7. The summed E-state index contributed by atoms with van der Waals surface area (Å²) in [5.74, 6) is -1.09. The fraction of sp³-hybridized carbons (Fsp3) is 0.381. The Balaban J connectivity index is 1.59. The molecule has 2 aliphatic rings. The van der Waals surface area contributed by atoms with Gasteiger partial charge in [0.05, 0.1) is 35.9 Å². The number of ether oxygens (including phenoxy) is 1. The van der Waals surface area contributed by atoms with Crippen molar-refractivity contribution in [1.82, 2.24) is 20.0 Å². The van der Waals surface area contributed by atoms with Crippen molar-refractivity contribution < 1.29 is 18.3 Å². The number of nitrogens with one attached hydrogen (secondary N) is 1. The molecule has 33 heavy (non-hydrogen) atoms. The number of benzene rings is 1. The summed E-state index contributed by atoms with van der Waals surface area (Å²) in [5, 5.41) is 12.8. The van der Waals surface area contributed by atoms with Crippen molar-refractivity contribution >= 4 is 34.3 Å². The summed E-state index contributed by atoms with van der Waals surface area (Å²) >= 11 is 1.26. The number of nitrogens with two attached hydrogens (primary N) is 2. The number of nitrogens with zero attached hydrogens (tertiary/aromatic N) is 4. The second-order valence-electron chi connectivity index (χ2n) is 8.17. The second kappa shape index (κ2) is 8.43. The number of amides is 1. The number of alkyl halides is 1. The molecular weight excluding hydrogens is 452 g/mol. The maximum Gasteiger partial charge on any atom is 0.265 e. The normalized spacial score (nSPS) is 25.9. The summed E-state index contributed by atoms with van der Waals surface area (Å²) in [5.41, 5.74) is 14.0. The number of aromatic nitrogens is 4. The second-order valence-corrected chi connectivity index (χ2v) is 9.13. The molecule has 5 rings (SSSR count). The molecule has 0 aliphatic carbocycles. The van der Waals surface area contributed by atoms with Gasteiger partial charge in [-0.2, -0.15) is 10.2 Å². The van der Waals surface area contributed by atoms with Gasteiger partial charge in [-0.05, 0) is 25.0 Å². The lowest BCUT2D eigenvalue weighted by Crippen LogP contribution is -2.32. The Kier molecular flexibility index (Phi) is 5.59. The van der Waals surface area contributed by atoms with Crippen LogP contribution in [0.25, 0.3) is 10.9 Å². The quantitative estimate of drug-likeness (QED) is 0.529. The largest absolute Gasteiger partial charge is 0.369 e. The topological polar surface area (TPSA) is 128 Å². The molecule has 4 atom stereocenters. The number of hydrogen-bond acceptors (Lipinski definition) is 7. The van der Waals surface area contributed by atoms with E-state index in [1.54, 1.807) is 40.5 Å². The van der Waals surface area contributed by atoms with E-state index in [9.17, 15) is 9.18 Å². The fourth-order valence-corrected chi connectivity index (χ4v) is 5.50.